The fraction of sp³-hybridized carbons (Fsp3) is 0.467. The van der Waals surface area contributed by atoms with Crippen LogP contribution in [0.1, 0.15) is 48.6 Å². The van der Waals surface area contributed by atoms with Gasteiger partial charge in [-0.3, -0.25) is 0 Å². The summed E-state index contributed by atoms with van der Waals surface area (Å²) >= 11 is 0. The number of hydrogen-bond acceptors (Lipinski definition) is 3. The van der Waals surface area contributed by atoms with Gasteiger partial charge < -0.3 is 5.73 Å². The fourth-order valence-corrected chi connectivity index (χ4v) is 2.94. The molecule has 1 heterocycles. The molecule has 0 saturated heterocycles. The number of nitrogens with zero attached hydrogens (tertiary/aromatic N) is 3. The van der Waals surface area contributed by atoms with Crippen molar-refractivity contribution in [2.24, 2.45) is 0 Å². The summed E-state index contributed by atoms with van der Waals surface area (Å²) in [5.74, 6) is 0.889. The van der Waals surface area contributed by atoms with Gasteiger partial charge in [0.15, 0.2) is 5.82 Å². The van der Waals surface area contributed by atoms with E-state index in [1.807, 2.05) is 4.68 Å². The van der Waals surface area contributed by atoms with E-state index in [0.29, 0.717) is 11.7 Å². The van der Waals surface area contributed by atoms with E-state index < -0.39 is 0 Å². The molecule has 0 fully saturated rings. The molecule has 100 valence electrons. The molecule has 4 nitrogen and oxygen atoms in total. The largest absolute Gasteiger partial charge is 0.381 e. The lowest BCUT2D eigenvalue weighted by molar-refractivity contribution is 0.598. The van der Waals surface area contributed by atoms with Gasteiger partial charge in [0.25, 0.3) is 0 Å². The molecule has 2 aromatic rings. The average Bonchev–Trinajstić information content (AvgIpc) is 2.95. The Balaban J connectivity index is 1.89. The Morgan fingerprint density at radius 1 is 1.26 bits per heavy atom. The third-order valence-corrected chi connectivity index (χ3v) is 3.84. The van der Waals surface area contributed by atoms with Crippen LogP contribution >= 0.6 is 0 Å². The topological polar surface area (TPSA) is 56.7 Å². The Hall–Kier alpha value is -1.84. The highest BCUT2D eigenvalue weighted by atomic mass is 15.4. The minimum atomic E-state index is 0.337. The second-order valence-electron chi connectivity index (χ2n) is 5.63. The smallest absolute Gasteiger partial charge is 0.169 e. The van der Waals surface area contributed by atoms with Gasteiger partial charge >= 0.3 is 0 Å². The molecule has 0 aliphatic heterocycles. The van der Waals surface area contributed by atoms with Crippen molar-refractivity contribution in [3.63, 3.8) is 0 Å². The zero-order valence-corrected chi connectivity index (χ0v) is 11.6. The third kappa shape index (κ3) is 2.23. The molecule has 19 heavy (non-hydrogen) atoms. The lowest BCUT2D eigenvalue weighted by Gasteiger charge is -2.10. The first-order valence-corrected chi connectivity index (χ1v) is 6.94. The molecule has 1 aromatic carbocycles. The Labute approximate surface area is 113 Å². The summed E-state index contributed by atoms with van der Waals surface area (Å²) in [4.78, 5) is 0. The van der Waals surface area contributed by atoms with Crippen molar-refractivity contribution >= 4 is 5.82 Å². The second kappa shape index (κ2) is 4.68. The highest BCUT2D eigenvalue weighted by molar-refractivity contribution is 5.38. The molecule has 1 aliphatic carbocycles. The molecule has 1 aliphatic rings. The molecule has 0 atom stereocenters. The number of rotatable bonds is 3. The molecule has 4 heteroatoms. The normalized spacial score (nSPS) is 14.1. The average molecular weight is 256 g/mol. The second-order valence-corrected chi connectivity index (χ2v) is 5.63. The predicted molar refractivity (Wildman–Crippen MR) is 76.1 cm³/mol. The van der Waals surface area contributed by atoms with Gasteiger partial charge in [0.1, 0.15) is 0 Å². The number of aromatic nitrogens is 3. The zero-order valence-electron chi connectivity index (χ0n) is 11.6. The minimum Gasteiger partial charge on any atom is -0.381 e. The van der Waals surface area contributed by atoms with Gasteiger partial charge in [0.05, 0.1) is 12.2 Å². The fourth-order valence-electron chi connectivity index (χ4n) is 2.94. The van der Waals surface area contributed by atoms with E-state index in [0.717, 1.165) is 12.2 Å². The summed E-state index contributed by atoms with van der Waals surface area (Å²) in [6, 6.07) is 6.77. The Bertz CT molecular complexity index is 598. The highest BCUT2D eigenvalue weighted by Gasteiger charge is 2.15. The van der Waals surface area contributed by atoms with Gasteiger partial charge in [-0.05, 0) is 41.9 Å². The van der Waals surface area contributed by atoms with E-state index in [1.54, 1.807) is 0 Å². The van der Waals surface area contributed by atoms with Crippen molar-refractivity contribution in [2.45, 2.75) is 45.6 Å². The lowest BCUT2D eigenvalue weighted by atomic mass is 10.1. The molecule has 0 radical (unpaired) electrons. The Morgan fingerprint density at radius 3 is 2.84 bits per heavy atom. The van der Waals surface area contributed by atoms with Crippen LogP contribution in [0.5, 0.6) is 0 Å². The summed E-state index contributed by atoms with van der Waals surface area (Å²) in [7, 11) is 0. The molecule has 2 N–H and O–H groups in total. The molecular formula is C15H20N4. The quantitative estimate of drug-likeness (QED) is 0.918. The number of anilines is 1. The van der Waals surface area contributed by atoms with Crippen molar-refractivity contribution in [1.29, 1.82) is 0 Å². The molecule has 0 spiro atoms. The van der Waals surface area contributed by atoms with Crippen LogP contribution in [0.3, 0.4) is 0 Å². The van der Waals surface area contributed by atoms with Crippen LogP contribution in [0.25, 0.3) is 0 Å². The van der Waals surface area contributed by atoms with Gasteiger partial charge in [-0.25, -0.2) is 4.68 Å². The molecule has 1 aromatic heterocycles. The van der Waals surface area contributed by atoms with Gasteiger partial charge in [-0.15, -0.1) is 5.10 Å². The van der Waals surface area contributed by atoms with Gasteiger partial charge in [0.2, 0.25) is 0 Å². The molecule has 0 bridgehead atoms. The van der Waals surface area contributed by atoms with Gasteiger partial charge in [0, 0.05) is 0 Å². The third-order valence-electron chi connectivity index (χ3n) is 3.84. The number of nitrogens with two attached hydrogens (primary N) is 1. The summed E-state index contributed by atoms with van der Waals surface area (Å²) in [6.45, 7) is 4.99. The number of fused-ring (bicyclic) bond motifs is 1. The number of aryl methyl sites for hydroxylation is 2. The first-order valence-electron chi connectivity index (χ1n) is 6.94. The molecule has 0 saturated carbocycles. The van der Waals surface area contributed by atoms with E-state index in [1.165, 1.54) is 36.0 Å². The van der Waals surface area contributed by atoms with E-state index in [2.05, 4.69) is 42.4 Å². The highest BCUT2D eigenvalue weighted by Crippen LogP contribution is 2.24. The van der Waals surface area contributed by atoms with E-state index >= 15 is 0 Å². The first-order chi connectivity index (χ1) is 9.15. The van der Waals surface area contributed by atoms with Gasteiger partial charge in [-0.1, -0.05) is 37.3 Å². The van der Waals surface area contributed by atoms with Crippen molar-refractivity contribution in [3.05, 3.63) is 40.6 Å². The van der Waals surface area contributed by atoms with Crippen LogP contribution in [-0.2, 0) is 19.4 Å². The van der Waals surface area contributed by atoms with Crippen LogP contribution in [0.4, 0.5) is 5.82 Å². The standard InChI is InChI=1S/C15H20N4/c1-10(2)14-15(16)17-18-19(14)9-11-6-7-12-4-3-5-13(12)8-11/h6-8,10H,3-5,9,16H2,1-2H3. The Morgan fingerprint density at radius 2 is 2.05 bits per heavy atom. The van der Waals surface area contributed by atoms with Crippen LogP contribution in [0, 0.1) is 0 Å². The van der Waals surface area contributed by atoms with E-state index in [-0.39, 0.29) is 0 Å². The maximum Gasteiger partial charge on any atom is 0.169 e. The zero-order chi connectivity index (χ0) is 13.4. The van der Waals surface area contributed by atoms with E-state index in [4.69, 9.17) is 5.73 Å². The molecule has 0 unspecified atom stereocenters. The SMILES string of the molecule is CC(C)c1c(N)nnn1Cc1ccc2c(c1)CCC2. The first kappa shape index (κ1) is 12.2. The summed E-state index contributed by atoms with van der Waals surface area (Å²) in [5, 5.41) is 8.16. The van der Waals surface area contributed by atoms with Crippen molar-refractivity contribution < 1.29 is 0 Å². The van der Waals surface area contributed by atoms with Crippen LogP contribution in [-0.4, -0.2) is 15.0 Å². The van der Waals surface area contributed by atoms with Crippen molar-refractivity contribution in [2.75, 3.05) is 5.73 Å². The predicted octanol–water partition coefficient (Wildman–Crippen LogP) is 2.52. The summed E-state index contributed by atoms with van der Waals surface area (Å²) in [5.41, 5.74) is 11.2. The number of nitrogen functional groups attached to an aromatic ring is 1. The van der Waals surface area contributed by atoms with Crippen LogP contribution in [0.2, 0.25) is 0 Å². The minimum absolute atomic E-state index is 0.337. The molecular weight excluding hydrogens is 236 g/mol. The monoisotopic (exact) mass is 256 g/mol. The summed E-state index contributed by atoms with van der Waals surface area (Å²) in [6.07, 6.45) is 3.72. The molecule has 0 amide bonds. The van der Waals surface area contributed by atoms with E-state index in [9.17, 15) is 0 Å². The maximum absolute atomic E-state index is 5.89. The molecule has 3 rings (SSSR count). The number of benzene rings is 1. The summed E-state index contributed by atoms with van der Waals surface area (Å²) < 4.78 is 1.93. The maximum atomic E-state index is 5.89. The van der Waals surface area contributed by atoms with Crippen molar-refractivity contribution in [3.8, 4) is 0 Å². The Kier molecular flexibility index (Phi) is 3.01. The number of hydrogen-bond donors (Lipinski definition) is 1. The van der Waals surface area contributed by atoms with Crippen LogP contribution < -0.4 is 5.73 Å². The lowest BCUT2D eigenvalue weighted by Crippen LogP contribution is -2.09. The van der Waals surface area contributed by atoms with Crippen molar-refractivity contribution in [1.82, 2.24) is 15.0 Å². The van der Waals surface area contributed by atoms with Gasteiger partial charge in [-0.2, -0.15) is 0 Å². The van der Waals surface area contributed by atoms with Crippen LogP contribution in [0.15, 0.2) is 18.2 Å².